The van der Waals surface area contributed by atoms with E-state index in [9.17, 15) is 4.79 Å². The van der Waals surface area contributed by atoms with Gasteiger partial charge in [0.1, 0.15) is 0 Å². The Kier molecular flexibility index (Phi) is 4.21. The number of rotatable bonds is 3. The first kappa shape index (κ1) is 18.0. The second kappa shape index (κ2) is 6.78. The number of hydrogen-bond acceptors (Lipinski definition) is 5. The molecule has 0 bridgehead atoms. The third-order valence-corrected chi connectivity index (χ3v) is 6.32. The topological polar surface area (TPSA) is 72.1 Å². The number of anilines is 1. The number of benzene rings is 2. The number of ketones is 1. The SMILES string of the molecule is CC1CCC(C)N1Cc1cccc2c1-c1nc(N)nc(-c3ccccc3)c1C2=O. The minimum Gasteiger partial charge on any atom is -0.368 e. The molecule has 2 aliphatic rings. The second-order valence-electron chi connectivity index (χ2n) is 8.14. The summed E-state index contributed by atoms with van der Waals surface area (Å²) in [5.41, 5.74) is 11.6. The van der Waals surface area contributed by atoms with Crippen molar-refractivity contribution in [2.24, 2.45) is 0 Å². The summed E-state index contributed by atoms with van der Waals surface area (Å²) in [5.74, 6) is 0.180. The molecule has 0 saturated carbocycles. The number of fused-ring (bicyclic) bond motifs is 3. The molecule has 1 aromatic heterocycles. The predicted octanol–water partition coefficient (Wildman–Crippen LogP) is 4.31. The van der Waals surface area contributed by atoms with Crippen LogP contribution in [0.15, 0.2) is 48.5 Å². The summed E-state index contributed by atoms with van der Waals surface area (Å²) >= 11 is 0. The van der Waals surface area contributed by atoms with E-state index in [1.807, 2.05) is 42.5 Å². The summed E-state index contributed by atoms with van der Waals surface area (Å²) < 4.78 is 0. The Bertz CT molecular complexity index is 1100. The van der Waals surface area contributed by atoms with Crippen molar-refractivity contribution < 1.29 is 4.79 Å². The number of hydrogen-bond donors (Lipinski definition) is 1. The highest BCUT2D eigenvalue weighted by Crippen LogP contribution is 2.42. The van der Waals surface area contributed by atoms with Crippen molar-refractivity contribution in [3.05, 3.63) is 65.2 Å². The van der Waals surface area contributed by atoms with Crippen molar-refractivity contribution in [3.63, 3.8) is 0 Å². The lowest BCUT2D eigenvalue weighted by Gasteiger charge is -2.27. The lowest BCUT2D eigenvalue weighted by atomic mass is 10.0. The maximum Gasteiger partial charge on any atom is 0.221 e. The van der Waals surface area contributed by atoms with E-state index in [0.717, 1.165) is 23.2 Å². The van der Waals surface area contributed by atoms with Gasteiger partial charge >= 0.3 is 0 Å². The summed E-state index contributed by atoms with van der Waals surface area (Å²) in [4.78, 5) is 24.9. The molecule has 0 spiro atoms. The molecule has 1 saturated heterocycles. The first-order valence-corrected chi connectivity index (χ1v) is 10.2. The van der Waals surface area contributed by atoms with Gasteiger partial charge in [-0.3, -0.25) is 9.69 Å². The highest BCUT2D eigenvalue weighted by atomic mass is 16.1. The van der Waals surface area contributed by atoms with Gasteiger partial charge in [-0.05, 0) is 32.3 Å². The molecule has 5 nitrogen and oxygen atoms in total. The fourth-order valence-electron chi connectivity index (χ4n) is 4.77. The van der Waals surface area contributed by atoms with Crippen LogP contribution in [0.2, 0.25) is 0 Å². The zero-order valence-corrected chi connectivity index (χ0v) is 16.7. The molecule has 1 aliphatic heterocycles. The van der Waals surface area contributed by atoms with Crippen LogP contribution >= 0.6 is 0 Å². The average molecular weight is 384 g/mol. The third kappa shape index (κ3) is 2.85. The van der Waals surface area contributed by atoms with Crippen molar-refractivity contribution in [2.45, 2.75) is 45.3 Å². The van der Waals surface area contributed by atoms with E-state index in [1.165, 1.54) is 12.8 Å². The van der Waals surface area contributed by atoms with Crippen molar-refractivity contribution in [3.8, 4) is 22.5 Å². The zero-order chi connectivity index (χ0) is 20.1. The number of carbonyl (C=O) groups excluding carboxylic acids is 1. The number of carbonyl (C=O) groups is 1. The standard InChI is InChI=1S/C24H24N4O/c1-14-11-12-15(2)28(14)13-17-9-6-10-18-19(17)22-20(23(18)29)21(26-24(25)27-22)16-7-4-3-5-8-16/h3-10,14-15H,11-13H2,1-2H3,(H2,25,26,27). The zero-order valence-electron chi connectivity index (χ0n) is 16.7. The summed E-state index contributed by atoms with van der Waals surface area (Å²) in [6.07, 6.45) is 2.41. The lowest BCUT2D eigenvalue weighted by molar-refractivity contribution is 0.104. The Morgan fingerprint density at radius 2 is 1.62 bits per heavy atom. The molecule has 146 valence electrons. The summed E-state index contributed by atoms with van der Waals surface area (Å²) in [6.45, 7) is 5.36. The van der Waals surface area contributed by atoms with Gasteiger partial charge in [-0.25, -0.2) is 9.97 Å². The Morgan fingerprint density at radius 1 is 0.931 bits per heavy atom. The Balaban J connectivity index is 1.68. The van der Waals surface area contributed by atoms with Crippen molar-refractivity contribution in [1.82, 2.24) is 14.9 Å². The summed E-state index contributed by atoms with van der Waals surface area (Å²) in [7, 11) is 0. The number of likely N-dealkylation sites (tertiary alicyclic amines) is 1. The molecule has 2 unspecified atom stereocenters. The minimum absolute atomic E-state index is 0.0155. The van der Waals surface area contributed by atoms with Crippen molar-refractivity contribution in [1.29, 1.82) is 0 Å². The summed E-state index contributed by atoms with van der Waals surface area (Å²) in [5, 5.41) is 0. The number of aromatic nitrogens is 2. The van der Waals surface area contributed by atoms with E-state index in [4.69, 9.17) is 5.73 Å². The van der Waals surface area contributed by atoms with Gasteiger partial charge in [-0.1, -0.05) is 48.5 Å². The molecule has 2 atom stereocenters. The van der Waals surface area contributed by atoms with Crippen molar-refractivity contribution in [2.75, 3.05) is 5.73 Å². The van der Waals surface area contributed by atoms with E-state index in [2.05, 4.69) is 34.8 Å². The van der Waals surface area contributed by atoms with E-state index >= 15 is 0 Å². The van der Waals surface area contributed by atoms with E-state index < -0.39 is 0 Å². The van der Waals surface area contributed by atoms with Crippen LogP contribution in [0.1, 0.15) is 48.2 Å². The molecule has 0 radical (unpaired) electrons. The van der Waals surface area contributed by atoms with Crippen LogP contribution in [0.5, 0.6) is 0 Å². The van der Waals surface area contributed by atoms with Crippen LogP contribution in [0.25, 0.3) is 22.5 Å². The molecule has 5 rings (SSSR count). The first-order valence-electron chi connectivity index (χ1n) is 10.2. The Morgan fingerprint density at radius 3 is 2.34 bits per heavy atom. The van der Waals surface area contributed by atoms with Crippen LogP contribution in [0, 0.1) is 0 Å². The van der Waals surface area contributed by atoms with Gasteiger partial charge in [0.05, 0.1) is 17.0 Å². The number of nitrogens with two attached hydrogens (primary N) is 1. The smallest absolute Gasteiger partial charge is 0.221 e. The first-order chi connectivity index (χ1) is 14.0. The second-order valence-corrected chi connectivity index (χ2v) is 8.14. The van der Waals surface area contributed by atoms with Gasteiger partial charge in [0.25, 0.3) is 0 Å². The number of nitrogen functional groups attached to an aromatic ring is 1. The molecule has 0 amide bonds. The number of nitrogens with zero attached hydrogens (tertiary/aromatic N) is 3. The lowest BCUT2D eigenvalue weighted by Crippen LogP contribution is -2.32. The molecule has 1 aliphatic carbocycles. The maximum absolute atomic E-state index is 13.4. The van der Waals surface area contributed by atoms with Gasteiger partial charge in [0, 0.05) is 35.3 Å². The van der Waals surface area contributed by atoms with Gasteiger partial charge < -0.3 is 5.73 Å². The highest BCUT2D eigenvalue weighted by molar-refractivity contribution is 6.24. The molecule has 29 heavy (non-hydrogen) atoms. The van der Waals surface area contributed by atoms with Crippen molar-refractivity contribution >= 4 is 11.7 Å². The van der Waals surface area contributed by atoms with E-state index in [1.54, 1.807) is 0 Å². The Labute approximate surface area is 170 Å². The molecule has 2 N–H and O–H groups in total. The Hall–Kier alpha value is -3.05. The molecule has 5 heteroatoms. The van der Waals surface area contributed by atoms with Gasteiger partial charge in [0.2, 0.25) is 5.95 Å². The fraction of sp³-hybridized carbons (Fsp3) is 0.292. The minimum atomic E-state index is -0.0155. The quantitative estimate of drug-likeness (QED) is 0.570. The molecule has 1 fully saturated rings. The van der Waals surface area contributed by atoms with Crippen LogP contribution < -0.4 is 5.73 Å². The van der Waals surface area contributed by atoms with Crippen LogP contribution in [0.4, 0.5) is 5.95 Å². The van der Waals surface area contributed by atoms with E-state index in [-0.39, 0.29) is 11.7 Å². The fourth-order valence-corrected chi connectivity index (χ4v) is 4.77. The van der Waals surface area contributed by atoms with E-state index in [0.29, 0.717) is 34.6 Å². The highest BCUT2D eigenvalue weighted by Gasteiger charge is 2.35. The normalized spacial score (nSPS) is 20.7. The van der Waals surface area contributed by atoms with Crippen LogP contribution in [-0.4, -0.2) is 32.7 Å². The van der Waals surface area contributed by atoms with Crippen LogP contribution in [-0.2, 0) is 6.54 Å². The molecular formula is C24H24N4O. The molecule has 3 aromatic rings. The molecule has 2 aromatic carbocycles. The van der Waals surface area contributed by atoms with Crippen LogP contribution in [0.3, 0.4) is 0 Å². The third-order valence-electron chi connectivity index (χ3n) is 6.32. The largest absolute Gasteiger partial charge is 0.368 e. The van der Waals surface area contributed by atoms with Gasteiger partial charge in [-0.15, -0.1) is 0 Å². The molecule has 2 heterocycles. The summed E-state index contributed by atoms with van der Waals surface area (Å²) in [6, 6.07) is 16.8. The van der Waals surface area contributed by atoms with Gasteiger partial charge in [-0.2, -0.15) is 0 Å². The monoisotopic (exact) mass is 384 g/mol. The maximum atomic E-state index is 13.4. The molecular weight excluding hydrogens is 360 g/mol. The average Bonchev–Trinajstić information content (AvgIpc) is 3.20. The predicted molar refractivity (Wildman–Crippen MR) is 114 cm³/mol. The van der Waals surface area contributed by atoms with Gasteiger partial charge in [0.15, 0.2) is 5.78 Å².